The number of thioether (sulfide) groups is 1. The normalized spacial score (nSPS) is 20.5. The van der Waals surface area contributed by atoms with Gasteiger partial charge in [0.25, 0.3) is 0 Å². The van der Waals surface area contributed by atoms with E-state index < -0.39 is 6.10 Å². The second kappa shape index (κ2) is 12.0. The molecule has 1 atom stereocenters. The van der Waals surface area contributed by atoms with Crippen molar-refractivity contribution >= 4 is 11.8 Å². The van der Waals surface area contributed by atoms with Crippen molar-refractivity contribution in [2.75, 3.05) is 71.5 Å². The zero-order valence-corrected chi connectivity index (χ0v) is 18.8. The molecule has 0 spiro atoms. The quantitative estimate of drug-likeness (QED) is 0.596. The molecule has 0 amide bonds. The minimum Gasteiger partial charge on any atom is -0.493 e. The summed E-state index contributed by atoms with van der Waals surface area (Å²) in [5, 5.41) is 13.9. The lowest BCUT2D eigenvalue weighted by atomic mass is 9.97. The van der Waals surface area contributed by atoms with E-state index in [9.17, 15) is 5.11 Å². The van der Waals surface area contributed by atoms with Crippen molar-refractivity contribution in [3.8, 4) is 11.5 Å². The average molecular weight is 424 g/mol. The van der Waals surface area contributed by atoms with E-state index in [2.05, 4.69) is 28.2 Å². The Balaban J connectivity index is 1.41. The highest BCUT2D eigenvalue weighted by Gasteiger charge is 2.17. The van der Waals surface area contributed by atoms with Gasteiger partial charge in [-0.25, -0.2) is 0 Å². The number of nitrogens with zero attached hydrogens (tertiary/aromatic N) is 2. The topological polar surface area (TPSA) is 57.2 Å². The summed E-state index contributed by atoms with van der Waals surface area (Å²) in [4.78, 5) is 4.71. The number of nitrogens with one attached hydrogen (secondary N) is 1. The fourth-order valence-electron chi connectivity index (χ4n) is 3.95. The van der Waals surface area contributed by atoms with Gasteiger partial charge in [0, 0.05) is 37.7 Å². The van der Waals surface area contributed by atoms with Gasteiger partial charge < -0.3 is 24.8 Å². The predicted molar refractivity (Wildman–Crippen MR) is 120 cm³/mol. The van der Waals surface area contributed by atoms with Crippen LogP contribution in [-0.4, -0.2) is 92.5 Å². The van der Waals surface area contributed by atoms with Crippen LogP contribution in [0.15, 0.2) is 18.2 Å². The molecular weight excluding hydrogens is 386 g/mol. The standard InChI is InChI=1S/C22H37N3O3S/c1-24-7-5-18(6-8-24)14-23-15-19-3-4-21(22(13-19)27-2)28-17-20(26)16-25-9-11-29-12-10-25/h3-4,13,18,20,23,26H,5-12,14-17H2,1-2H3/t20-/m0/s1. The Labute approximate surface area is 179 Å². The number of ether oxygens (including phenoxy) is 2. The van der Waals surface area contributed by atoms with E-state index in [1.54, 1.807) is 7.11 Å². The fraction of sp³-hybridized carbons (Fsp3) is 0.727. The molecule has 1 aromatic rings. The van der Waals surface area contributed by atoms with Crippen LogP contribution >= 0.6 is 11.8 Å². The molecule has 0 unspecified atom stereocenters. The van der Waals surface area contributed by atoms with Crippen LogP contribution in [0.2, 0.25) is 0 Å². The van der Waals surface area contributed by atoms with Gasteiger partial charge in [0.05, 0.1) is 7.11 Å². The average Bonchev–Trinajstić information content (AvgIpc) is 2.75. The van der Waals surface area contributed by atoms with Gasteiger partial charge in [0.15, 0.2) is 11.5 Å². The molecule has 0 aliphatic carbocycles. The zero-order chi connectivity index (χ0) is 20.5. The third-order valence-corrected chi connectivity index (χ3v) is 6.77. The largest absolute Gasteiger partial charge is 0.493 e. The van der Waals surface area contributed by atoms with Crippen LogP contribution < -0.4 is 14.8 Å². The van der Waals surface area contributed by atoms with E-state index in [0.717, 1.165) is 49.4 Å². The van der Waals surface area contributed by atoms with Crippen LogP contribution in [0.3, 0.4) is 0 Å². The van der Waals surface area contributed by atoms with Crippen molar-refractivity contribution in [1.29, 1.82) is 0 Å². The van der Waals surface area contributed by atoms with E-state index >= 15 is 0 Å². The van der Waals surface area contributed by atoms with Crippen molar-refractivity contribution < 1.29 is 14.6 Å². The molecule has 3 rings (SSSR count). The fourth-order valence-corrected chi connectivity index (χ4v) is 4.93. The van der Waals surface area contributed by atoms with E-state index in [4.69, 9.17) is 9.47 Å². The van der Waals surface area contributed by atoms with Crippen LogP contribution in [0, 0.1) is 5.92 Å². The molecular formula is C22H37N3O3S. The molecule has 0 aromatic heterocycles. The molecule has 2 aliphatic heterocycles. The van der Waals surface area contributed by atoms with Gasteiger partial charge in [0.2, 0.25) is 0 Å². The molecule has 1 aromatic carbocycles. The SMILES string of the molecule is COc1cc(CNCC2CCN(C)CC2)ccc1OC[C@@H](O)CN1CCSCC1. The van der Waals surface area contributed by atoms with E-state index in [1.165, 1.54) is 31.5 Å². The molecule has 164 valence electrons. The Morgan fingerprint density at radius 2 is 1.93 bits per heavy atom. The van der Waals surface area contributed by atoms with E-state index in [0.29, 0.717) is 12.3 Å². The minimum atomic E-state index is -0.487. The number of rotatable bonds is 10. The summed E-state index contributed by atoms with van der Waals surface area (Å²) >= 11 is 1.98. The minimum absolute atomic E-state index is 0.285. The summed E-state index contributed by atoms with van der Waals surface area (Å²) < 4.78 is 11.4. The lowest BCUT2D eigenvalue weighted by Crippen LogP contribution is -2.40. The van der Waals surface area contributed by atoms with Gasteiger partial charge in [0.1, 0.15) is 12.7 Å². The summed E-state index contributed by atoms with van der Waals surface area (Å²) in [6.45, 7) is 7.35. The highest BCUT2D eigenvalue weighted by Crippen LogP contribution is 2.28. The maximum absolute atomic E-state index is 10.3. The Bertz CT molecular complexity index is 605. The number of piperidine rings is 1. The van der Waals surface area contributed by atoms with Crippen LogP contribution in [0.5, 0.6) is 11.5 Å². The molecule has 0 radical (unpaired) electrons. The molecule has 2 heterocycles. The Hall–Kier alpha value is -0.990. The van der Waals surface area contributed by atoms with Crippen molar-refractivity contribution in [2.24, 2.45) is 5.92 Å². The number of likely N-dealkylation sites (tertiary alicyclic amines) is 1. The summed E-state index contributed by atoms with van der Waals surface area (Å²) in [7, 11) is 3.87. The van der Waals surface area contributed by atoms with Crippen LogP contribution in [0.1, 0.15) is 18.4 Å². The molecule has 29 heavy (non-hydrogen) atoms. The van der Waals surface area contributed by atoms with Gasteiger partial charge in [-0.3, -0.25) is 4.90 Å². The monoisotopic (exact) mass is 423 g/mol. The number of aliphatic hydroxyl groups is 1. The predicted octanol–water partition coefficient (Wildman–Crippen LogP) is 1.92. The maximum Gasteiger partial charge on any atom is 0.161 e. The Kier molecular flexibility index (Phi) is 9.39. The van der Waals surface area contributed by atoms with Crippen molar-refractivity contribution in [3.63, 3.8) is 0 Å². The number of benzene rings is 1. The van der Waals surface area contributed by atoms with Crippen molar-refractivity contribution in [2.45, 2.75) is 25.5 Å². The Morgan fingerprint density at radius 3 is 2.66 bits per heavy atom. The second-order valence-electron chi connectivity index (χ2n) is 8.24. The molecule has 2 saturated heterocycles. The van der Waals surface area contributed by atoms with Crippen molar-refractivity contribution in [1.82, 2.24) is 15.1 Å². The first kappa shape index (κ1) is 22.7. The van der Waals surface area contributed by atoms with Gasteiger partial charge >= 0.3 is 0 Å². The first-order chi connectivity index (χ1) is 14.1. The number of β-amino-alcohol motifs (C(OH)–C–C–N with tert-alkyl or cyclic N) is 1. The highest BCUT2D eigenvalue weighted by atomic mass is 32.2. The zero-order valence-electron chi connectivity index (χ0n) is 17.9. The highest BCUT2D eigenvalue weighted by molar-refractivity contribution is 7.99. The van der Waals surface area contributed by atoms with Crippen molar-refractivity contribution in [3.05, 3.63) is 23.8 Å². The lowest BCUT2D eigenvalue weighted by molar-refractivity contribution is 0.0705. The van der Waals surface area contributed by atoms with Gasteiger partial charge in [-0.05, 0) is 63.1 Å². The third kappa shape index (κ3) is 7.64. The first-order valence-corrected chi connectivity index (χ1v) is 12.0. The molecule has 0 saturated carbocycles. The number of hydrogen-bond donors (Lipinski definition) is 2. The third-order valence-electron chi connectivity index (χ3n) is 5.83. The van der Waals surface area contributed by atoms with Crippen LogP contribution in [0.4, 0.5) is 0 Å². The van der Waals surface area contributed by atoms with E-state index in [1.807, 2.05) is 23.9 Å². The molecule has 7 heteroatoms. The molecule has 2 N–H and O–H groups in total. The van der Waals surface area contributed by atoms with E-state index in [-0.39, 0.29) is 6.61 Å². The van der Waals surface area contributed by atoms with Crippen LogP contribution in [0.25, 0.3) is 0 Å². The summed E-state index contributed by atoms with van der Waals surface area (Å²) in [5.41, 5.74) is 1.19. The smallest absolute Gasteiger partial charge is 0.161 e. The van der Waals surface area contributed by atoms with Gasteiger partial charge in [-0.15, -0.1) is 0 Å². The number of hydrogen-bond acceptors (Lipinski definition) is 7. The first-order valence-electron chi connectivity index (χ1n) is 10.8. The molecule has 6 nitrogen and oxygen atoms in total. The Morgan fingerprint density at radius 1 is 1.17 bits per heavy atom. The summed E-state index contributed by atoms with van der Waals surface area (Å²) in [6, 6.07) is 6.06. The number of methoxy groups -OCH3 is 1. The maximum atomic E-state index is 10.3. The molecule has 2 fully saturated rings. The summed E-state index contributed by atoms with van der Waals surface area (Å²) in [5.74, 6) is 4.49. The molecule has 2 aliphatic rings. The van der Waals surface area contributed by atoms with Crippen LogP contribution in [-0.2, 0) is 6.54 Å². The van der Waals surface area contributed by atoms with Gasteiger partial charge in [-0.1, -0.05) is 6.07 Å². The summed E-state index contributed by atoms with van der Waals surface area (Å²) in [6.07, 6.45) is 2.06. The lowest BCUT2D eigenvalue weighted by Gasteiger charge is -2.29. The second-order valence-corrected chi connectivity index (χ2v) is 9.47. The number of aliphatic hydroxyl groups excluding tert-OH is 1. The van der Waals surface area contributed by atoms with Gasteiger partial charge in [-0.2, -0.15) is 11.8 Å². The molecule has 0 bridgehead atoms.